The van der Waals surface area contributed by atoms with Crippen LogP contribution in [-0.4, -0.2) is 46.9 Å². The Balaban J connectivity index is 1.57. The first-order valence-electron chi connectivity index (χ1n) is 9.27. The summed E-state index contributed by atoms with van der Waals surface area (Å²) in [4.78, 5) is 4.65. The Labute approximate surface area is 158 Å². The predicted molar refractivity (Wildman–Crippen MR) is 104 cm³/mol. The zero-order valence-electron chi connectivity index (χ0n) is 15.6. The summed E-state index contributed by atoms with van der Waals surface area (Å²) in [7, 11) is 0. The molecule has 0 radical (unpaired) electrons. The van der Waals surface area contributed by atoms with Crippen LogP contribution in [0.5, 0.6) is 0 Å². The van der Waals surface area contributed by atoms with E-state index in [1.807, 2.05) is 47.9 Å². The molecule has 0 aliphatic carbocycles. The fourth-order valence-electron chi connectivity index (χ4n) is 2.61. The molecular formula is C19H26N6O2. The number of fused-ring (bicyclic) bond motifs is 1. The van der Waals surface area contributed by atoms with E-state index in [4.69, 9.17) is 9.15 Å². The maximum atomic E-state index is 5.38. The van der Waals surface area contributed by atoms with Crippen LogP contribution in [0.3, 0.4) is 0 Å². The molecule has 0 unspecified atom stereocenters. The molecule has 3 aromatic heterocycles. The molecule has 0 atom stereocenters. The van der Waals surface area contributed by atoms with Gasteiger partial charge in [-0.3, -0.25) is 4.40 Å². The zero-order chi connectivity index (χ0) is 18.7. The van der Waals surface area contributed by atoms with E-state index in [9.17, 15) is 0 Å². The topological polar surface area (TPSA) is 89.0 Å². The molecule has 0 aromatic carbocycles. The molecule has 144 valence electrons. The summed E-state index contributed by atoms with van der Waals surface area (Å²) in [6.45, 7) is 5.42. The number of hydrogen-bond acceptors (Lipinski definition) is 5. The van der Waals surface area contributed by atoms with Crippen LogP contribution in [0, 0.1) is 0 Å². The van der Waals surface area contributed by atoms with Crippen LogP contribution >= 0.6 is 0 Å². The van der Waals surface area contributed by atoms with Crippen molar-refractivity contribution < 1.29 is 9.15 Å². The van der Waals surface area contributed by atoms with Gasteiger partial charge in [0.05, 0.1) is 6.26 Å². The minimum absolute atomic E-state index is 0.437. The Hall–Kier alpha value is -2.87. The maximum Gasteiger partial charge on any atom is 0.191 e. The lowest BCUT2D eigenvalue weighted by atomic mass is 10.3. The number of guanidine groups is 1. The lowest BCUT2D eigenvalue weighted by Crippen LogP contribution is -2.39. The lowest BCUT2D eigenvalue weighted by molar-refractivity contribution is 0.145. The Morgan fingerprint density at radius 2 is 2.11 bits per heavy atom. The monoisotopic (exact) mass is 370 g/mol. The summed E-state index contributed by atoms with van der Waals surface area (Å²) < 4.78 is 12.7. The second-order valence-electron chi connectivity index (χ2n) is 5.94. The molecule has 8 heteroatoms. The summed E-state index contributed by atoms with van der Waals surface area (Å²) in [6.07, 6.45) is 5.34. The molecule has 3 aromatic rings. The number of rotatable bonds is 10. The van der Waals surface area contributed by atoms with Gasteiger partial charge in [-0.15, -0.1) is 10.2 Å². The van der Waals surface area contributed by atoms with Gasteiger partial charge in [-0.05, 0) is 37.6 Å². The molecule has 0 aliphatic heterocycles. The van der Waals surface area contributed by atoms with E-state index < -0.39 is 0 Å². The van der Waals surface area contributed by atoms with Crippen molar-refractivity contribution in [3.63, 3.8) is 0 Å². The number of aliphatic imine (C=N–C) groups is 1. The highest BCUT2D eigenvalue weighted by atomic mass is 16.5. The minimum atomic E-state index is 0.437. The number of nitrogens with one attached hydrogen (secondary N) is 2. The summed E-state index contributed by atoms with van der Waals surface area (Å²) in [5.74, 6) is 2.49. The molecular weight excluding hydrogens is 344 g/mol. The van der Waals surface area contributed by atoms with Gasteiger partial charge in [0, 0.05) is 38.9 Å². The smallest absolute Gasteiger partial charge is 0.191 e. The third kappa shape index (κ3) is 5.82. The van der Waals surface area contributed by atoms with Crippen LogP contribution in [0.15, 0.2) is 52.2 Å². The van der Waals surface area contributed by atoms with Crippen LogP contribution in [0.4, 0.5) is 0 Å². The van der Waals surface area contributed by atoms with E-state index in [0.29, 0.717) is 6.54 Å². The standard InChI is InChI=1S/C19H26N6O2/c1-2-26-13-6-10-20-19(21-11-9-16-7-5-14-27-16)22-15-18-24-23-17-8-3-4-12-25(17)18/h3-5,7-8,12,14H,2,6,9-11,13,15H2,1H3,(H2,20,21,22). The molecule has 0 saturated carbocycles. The molecule has 8 nitrogen and oxygen atoms in total. The molecule has 27 heavy (non-hydrogen) atoms. The SMILES string of the molecule is CCOCCCNC(=NCc1nnc2ccccn12)NCCc1ccco1. The molecule has 2 N–H and O–H groups in total. The molecule has 0 bridgehead atoms. The first-order chi connectivity index (χ1) is 13.4. The van der Waals surface area contributed by atoms with E-state index >= 15 is 0 Å². The molecule has 0 aliphatic rings. The van der Waals surface area contributed by atoms with Crippen molar-refractivity contribution in [1.82, 2.24) is 25.2 Å². The minimum Gasteiger partial charge on any atom is -0.469 e. The third-order valence-electron chi connectivity index (χ3n) is 3.97. The van der Waals surface area contributed by atoms with E-state index in [2.05, 4.69) is 25.8 Å². The first-order valence-corrected chi connectivity index (χ1v) is 9.27. The van der Waals surface area contributed by atoms with Crippen molar-refractivity contribution in [3.05, 3.63) is 54.4 Å². The first kappa shape index (κ1) is 18.9. The van der Waals surface area contributed by atoms with Gasteiger partial charge in [0.15, 0.2) is 17.4 Å². The van der Waals surface area contributed by atoms with Gasteiger partial charge in [-0.25, -0.2) is 4.99 Å². The average molecular weight is 370 g/mol. The number of pyridine rings is 1. The highest BCUT2D eigenvalue weighted by Crippen LogP contribution is 2.04. The zero-order valence-corrected chi connectivity index (χ0v) is 15.6. The van der Waals surface area contributed by atoms with Crippen molar-refractivity contribution >= 4 is 11.6 Å². The van der Waals surface area contributed by atoms with Crippen molar-refractivity contribution in [3.8, 4) is 0 Å². The molecule has 0 spiro atoms. The van der Waals surface area contributed by atoms with E-state index in [-0.39, 0.29) is 0 Å². The van der Waals surface area contributed by atoms with Crippen molar-refractivity contribution in [2.75, 3.05) is 26.3 Å². The van der Waals surface area contributed by atoms with Gasteiger partial charge in [-0.1, -0.05) is 6.07 Å². The van der Waals surface area contributed by atoms with Gasteiger partial charge in [-0.2, -0.15) is 0 Å². The third-order valence-corrected chi connectivity index (χ3v) is 3.97. The van der Waals surface area contributed by atoms with Gasteiger partial charge >= 0.3 is 0 Å². The number of furan rings is 1. The molecule has 0 amide bonds. The lowest BCUT2D eigenvalue weighted by Gasteiger charge is -2.12. The number of hydrogen-bond donors (Lipinski definition) is 2. The average Bonchev–Trinajstić information content (AvgIpc) is 3.35. The van der Waals surface area contributed by atoms with E-state index in [1.165, 1.54) is 0 Å². The fourth-order valence-corrected chi connectivity index (χ4v) is 2.61. The van der Waals surface area contributed by atoms with E-state index in [0.717, 1.165) is 62.3 Å². The second kappa shape index (κ2) is 10.3. The van der Waals surface area contributed by atoms with Crippen LogP contribution in [-0.2, 0) is 17.7 Å². The summed E-state index contributed by atoms with van der Waals surface area (Å²) in [6, 6.07) is 9.69. The fraction of sp³-hybridized carbons (Fsp3) is 0.421. The normalized spacial score (nSPS) is 11.8. The Morgan fingerprint density at radius 3 is 2.96 bits per heavy atom. The highest BCUT2D eigenvalue weighted by Gasteiger charge is 2.05. The van der Waals surface area contributed by atoms with E-state index in [1.54, 1.807) is 6.26 Å². The van der Waals surface area contributed by atoms with Crippen LogP contribution < -0.4 is 10.6 Å². The van der Waals surface area contributed by atoms with Crippen LogP contribution in [0.2, 0.25) is 0 Å². The highest BCUT2D eigenvalue weighted by molar-refractivity contribution is 5.79. The predicted octanol–water partition coefficient (Wildman–Crippen LogP) is 2.03. The van der Waals surface area contributed by atoms with Gasteiger partial charge in [0.2, 0.25) is 0 Å². The number of nitrogens with zero attached hydrogens (tertiary/aromatic N) is 4. The van der Waals surface area contributed by atoms with Crippen LogP contribution in [0.25, 0.3) is 5.65 Å². The Kier molecular flexibility index (Phi) is 7.23. The Morgan fingerprint density at radius 1 is 1.19 bits per heavy atom. The second-order valence-corrected chi connectivity index (χ2v) is 5.94. The molecule has 3 rings (SSSR count). The number of ether oxygens (including phenoxy) is 1. The summed E-state index contributed by atoms with van der Waals surface area (Å²) >= 11 is 0. The summed E-state index contributed by atoms with van der Waals surface area (Å²) in [5.41, 5.74) is 0.819. The number of aromatic nitrogens is 3. The van der Waals surface area contributed by atoms with Crippen molar-refractivity contribution in [1.29, 1.82) is 0 Å². The largest absolute Gasteiger partial charge is 0.469 e. The van der Waals surface area contributed by atoms with Crippen LogP contribution in [0.1, 0.15) is 24.9 Å². The maximum absolute atomic E-state index is 5.38. The van der Waals surface area contributed by atoms with Gasteiger partial charge in [0.1, 0.15) is 12.3 Å². The van der Waals surface area contributed by atoms with Gasteiger partial charge in [0.25, 0.3) is 0 Å². The quantitative estimate of drug-likeness (QED) is 0.322. The van der Waals surface area contributed by atoms with Crippen molar-refractivity contribution in [2.45, 2.75) is 26.3 Å². The Bertz CT molecular complexity index is 828. The molecule has 0 fully saturated rings. The van der Waals surface area contributed by atoms with Gasteiger partial charge < -0.3 is 19.8 Å². The molecule has 3 heterocycles. The molecule has 0 saturated heterocycles. The van der Waals surface area contributed by atoms with Crippen molar-refractivity contribution in [2.24, 2.45) is 4.99 Å². The summed E-state index contributed by atoms with van der Waals surface area (Å²) in [5, 5.41) is 15.1.